The molecular formula is C29H25BrF6S4. The molecule has 2 aliphatic carbocycles. The molecule has 2 aromatic rings. The third-order valence-corrected chi connectivity index (χ3v) is 14.7. The molecule has 2 aliphatic heterocycles. The number of thioether (sulfide) groups is 2. The van der Waals surface area contributed by atoms with E-state index in [2.05, 4.69) is 35.0 Å². The van der Waals surface area contributed by atoms with Crippen LogP contribution in [-0.2, 0) is 6.42 Å². The van der Waals surface area contributed by atoms with Crippen molar-refractivity contribution >= 4 is 67.0 Å². The van der Waals surface area contributed by atoms with Crippen LogP contribution in [0.15, 0.2) is 62.5 Å². The minimum Gasteiger partial charge on any atom is -0.194 e. The molecule has 11 heteroatoms. The normalized spacial score (nSPS) is 29.4. The maximum Gasteiger partial charge on any atom is 0.380 e. The summed E-state index contributed by atoms with van der Waals surface area (Å²) >= 11 is 9.04. The maximum absolute atomic E-state index is 15.3. The summed E-state index contributed by atoms with van der Waals surface area (Å²) in [6.07, 6.45) is 8.54. The van der Waals surface area contributed by atoms with Crippen molar-refractivity contribution in [2.45, 2.75) is 80.1 Å². The summed E-state index contributed by atoms with van der Waals surface area (Å²) in [5.74, 6) is -15.5. The number of fused-ring (bicyclic) bond motifs is 4. The summed E-state index contributed by atoms with van der Waals surface area (Å²) in [6.45, 7) is 5.57. The lowest BCUT2D eigenvalue weighted by molar-refractivity contribution is -0.258. The van der Waals surface area contributed by atoms with Crippen molar-refractivity contribution in [3.05, 3.63) is 72.3 Å². The summed E-state index contributed by atoms with van der Waals surface area (Å²) < 4.78 is 88.7. The summed E-state index contributed by atoms with van der Waals surface area (Å²) in [4.78, 5) is 4.85. The minimum atomic E-state index is -5.53. The van der Waals surface area contributed by atoms with E-state index in [1.807, 2.05) is 12.1 Å². The van der Waals surface area contributed by atoms with Crippen molar-refractivity contribution in [1.82, 2.24) is 0 Å². The predicted octanol–water partition coefficient (Wildman–Crippen LogP) is 11.7. The van der Waals surface area contributed by atoms with E-state index in [4.69, 9.17) is 0 Å². The first kappa shape index (κ1) is 29.2. The van der Waals surface area contributed by atoms with Gasteiger partial charge in [-0.2, -0.15) is 26.3 Å². The smallest absolute Gasteiger partial charge is 0.194 e. The van der Waals surface area contributed by atoms with Gasteiger partial charge in [-0.05, 0) is 90.2 Å². The van der Waals surface area contributed by atoms with E-state index in [0.29, 0.717) is 8.72 Å². The molecule has 0 nitrogen and oxygen atoms in total. The molecule has 4 aliphatic rings. The van der Waals surface area contributed by atoms with Crippen molar-refractivity contribution < 1.29 is 26.3 Å². The molecule has 0 saturated heterocycles. The van der Waals surface area contributed by atoms with Crippen molar-refractivity contribution in [3.8, 4) is 9.75 Å². The Kier molecular flexibility index (Phi) is 6.98. The highest BCUT2D eigenvalue weighted by atomic mass is 79.9. The van der Waals surface area contributed by atoms with Crippen LogP contribution in [0.3, 0.4) is 0 Å². The third kappa shape index (κ3) is 3.85. The first-order valence-electron chi connectivity index (χ1n) is 13.0. The zero-order chi connectivity index (χ0) is 28.9. The van der Waals surface area contributed by atoms with E-state index in [9.17, 15) is 8.78 Å². The first-order chi connectivity index (χ1) is 18.7. The summed E-state index contributed by atoms with van der Waals surface area (Å²) in [5, 5.41) is 0. The summed E-state index contributed by atoms with van der Waals surface area (Å²) in [6, 6.07) is 8.09. The average Bonchev–Trinajstić information content (AvgIpc) is 3.66. The number of rotatable bonds is 7. The highest BCUT2D eigenvalue weighted by Gasteiger charge is 2.84. The van der Waals surface area contributed by atoms with Gasteiger partial charge in [-0.15, -0.1) is 46.2 Å². The number of aryl methyl sites for hydroxylation is 1. The Bertz CT molecular complexity index is 1530. The largest absolute Gasteiger partial charge is 0.380 e. The Balaban J connectivity index is 1.41. The molecule has 2 unspecified atom stereocenters. The topological polar surface area (TPSA) is 0 Å². The fraction of sp³-hybridized carbons (Fsp3) is 0.448. The lowest BCUT2D eigenvalue weighted by Crippen LogP contribution is -2.48. The summed E-state index contributed by atoms with van der Waals surface area (Å²) in [7, 11) is 0. The molecule has 0 radical (unpaired) electrons. The van der Waals surface area contributed by atoms with Gasteiger partial charge < -0.3 is 0 Å². The summed E-state index contributed by atoms with van der Waals surface area (Å²) in [5.41, 5.74) is -2.75. The van der Waals surface area contributed by atoms with Crippen molar-refractivity contribution in [1.29, 1.82) is 0 Å². The van der Waals surface area contributed by atoms with Gasteiger partial charge in [0, 0.05) is 35.6 Å². The molecule has 0 amide bonds. The molecule has 0 N–H and O–H groups in total. The second-order valence-corrected chi connectivity index (χ2v) is 17.3. The van der Waals surface area contributed by atoms with Crippen LogP contribution >= 0.6 is 62.1 Å². The first-order valence-corrected chi connectivity index (χ1v) is 17.1. The standard InChI is InChI=1S/C29H25BrF6S4/c1-4-5-6-7-8-15-9-10-18(37-15)19-11-12-20(38-19)21-13-16-23-24(28(33,34)29(35,36)27(23,31)32)17-14-22(30)40-26(17,3)25(16,2)39-21/h9-14H,4-8H2,1-3H3. The Morgan fingerprint density at radius 3 is 1.95 bits per heavy atom. The van der Waals surface area contributed by atoms with Gasteiger partial charge >= 0.3 is 17.8 Å². The monoisotopic (exact) mass is 694 g/mol. The van der Waals surface area contributed by atoms with Gasteiger partial charge in [0.15, 0.2) is 0 Å². The quantitative estimate of drug-likeness (QED) is 0.209. The molecule has 6 rings (SSSR count). The van der Waals surface area contributed by atoms with Crippen LogP contribution in [-0.4, -0.2) is 27.3 Å². The van der Waals surface area contributed by atoms with Gasteiger partial charge in [0.25, 0.3) is 0 Å². The Labute approximate surface area is 254 Å². The van der Waals surface area contributed by atoms with Crippen molar-refractivity contribution in [2.75, 3.05) is 0 Å². The minimum absolute atomic E-state index is 0.140. The van der Waals surface area contributed by atoms with E-state index >= 15 is 17.6 Å². The SMILES string of the molecule is CCCCCCc1ccc(-c2ccc(C3=CC4=C5C(=C6C=C(Br)SC6(C)C4(C)S3)C(F)(F)C(F)(F)C5(F)F)s2)s1. The van der Waals surface area contributed by atoms with Crippen LogP contribution in [0.1, 0.15) is 56.2 Å². The number of hydrogen-bond donors (Lipinski definition) is 0. The Morgan fingerprint density at radius 1 is 0.700 bits per heavy atom. The fourth-order valence-electron chi connectivity index (χ4n) is 5.96. The van der Waals surface area contributed by atoms with Crippen LogP contribution in [0.2, 0.25) is 0 Å². The number of thiophene rings is 2. The van der Waals surface area contributed by atoms with Crippen LogP contribution in [0.25, 0.3) is 14.7 Å². The van der Waals surface area contributed by atoms with Gasteiger partial charge in [0.1, 0.15) is 0 Å². The predicted molar refractivity (Wildman–Crippen MR) is 161 cm³/mol. The zero-order valence-corrected chi connectivity index (χ0v) is 26.6. The number of halogens is 7. The highest BCUT2D eigenvalue weighted by molar-refractivity contribution is 9.14. The molecule has 40 heavy (non-hydrogen) atoms. The van der Waals surface area contributed by atoms with Crippen LogP contribution < -0.4 is 0 Å². The fourth-order valence-corrected chi connectivity index (χ4v) is 12.2. The average molecular weight is 696 g/mol. The molecule has 0 bridgehead atoms. The lowest BCUT2D eigenvalue weighted by atomic mass is 9.71. The molecule has 2 atom stereocenters. The number of allylic oxidation sites excluding steroid dienone is 4. The molecule has 0 aromatic carbocycles. The molecule has 2 aromatic heterocycles. The van der Waals surface area contributed by atoms with Crippen molar-refractivity contribution in [2.24, 2.45) is 0 Å². The lowest BCUT2D eigenvalue weighted by Gasteiger charge is -2.47. The zero-order valence-electron chi connectivity index (χ0n) is 21.8. The van der Waals surface area contributed by atoms with Gasteiger partial charge in [0.05, 0.1) is 13.3 Å². The third-order valence-electron chi connectivity index (χ3n) is 8.32. The highest BCUT2D eigenvalue weighted by Crippen LogP contribution is 2.75. The molecule has 0 spiro atoms. The molecule has 4 heterocycles. The van der Waals surface area contributed by atoms with Crippen LogP contribution in [0, 0.1) is 0 Å². The molecule has 214 valence electrons. The van der Waals surface area contributed by atoms with Gasteiger partial charge in [-0.1, -0.05) is 26.2 Å². The number of unbranched alkanes of at least 4 members (excludes halogenated alkanes) is 3. The number of alkyl halides is 6. The maximum atomic E-state index is 15.3. The second kappa shape index (κ2) is 9.56. The Morgan fingerprint density at radius 2 is 1.27 bits per heavy atom. The molecule has 1 saturated carbocycles. The number of hydrogen-bond acceptors (Lipinski definition) is 4. The van der Waals surface area contributed by atoms with Gasteiger partial charge in [0.2, 0.25) is 0 Å². The van der Waals surface area contributed by atoms with Crippen molar-refractivity contribution in [3.63, 3.8) is 0 Å². The Hall–Kier alpha value is -0.880. The molecule has 1 fully saturated rings. The molecular weight excluding hydrogens is 670 g/mol. The van der Waals surface area contributed by atoms with Crippen LogP contribution in [0.5, 0.6) is 0 Å². The van der Waals surface area contributed by atoms with E-state index in [1.165, 1.54) is 71.2 Å². The van der Waals surface area contributed by atoms with E-state index in [1.54, 1.807) is 25.2 Å². The van der Waals surface area contributed by atoms with Crippen LogP contribution in [0.4, 0.5) is 26.3 Å². The van der Waals surface area contributed by atoms with E-state index in [0.717, 1.165) is 27.5 Å². The van der Waals surface area contributed by atoms with E-state index in [-0.39, 0.29) is 11.1 Å². The van der Waals surface area contributed by atoms with Gasteiger partial charge in [-0.3, -0.25) is 0 Å². The van der Waals surface area contributed by atoms with E-state index < -0.39 is 38.4 Å². The van der Waals surface area contributed by atoms with Gasteiger partial charge in [-0.25, -0.2) is 0 Å². The second-order valence-electron chi connectivity index (χ2n) is 10.8.